The lowest BCUT2D eigenvalue weighted by molar-refractivity contribution is -0.145. The lowest BCUT2D eigenvalue weighted by Gasteiger charge is -2.15. The number of aromatic nitrogens is 1. The third kappa shape index (κ3) is 2.35. The largest absolute Gasteiger partial charge is 0.466 e. The molecule has 0 aliphatic heterocycles. The zero-order valence-electron chi connectivity index (χ0n) is 10.7. The van der Waals surface area contributed by atoms with Crippen LogP contribution in [0.15, 0.2) is 36.5 Å². The van der Waals surface area contributed by atoms with Crippen molar-refractivity contribution in [2.75, 3.05) is 6.61 Å². The molecule has 1 heterocycles. The Hall–Kier alpha value is -1.90. The number of carbonyl (C=O) groups is 1. The molecule has 1 unspecified atom stereocenters. The number of carbonyl (C=O) groups excluding carboxylic acids is 1. The van der Waals surface area contributed by atoms with Gasteiger partial charge in [-0.3, -0.25) is 9.78 Å². The van der Waals surface area contributed by atoms with E-state index >= 15 is 0 Å². The van der Waals surface area contributed by atoms with Crippen molar-refractivity contribution in [3.05, 3.63) is 42.1 Å². The number of hydrogen-bond acceptors (Lipinski definition) is 3. The van der Waals surface area contributed by atoms with Gasteiger partial charge >= 0.3 is 5.97 Å². The fourth-order valence-electron chi connectivity index (χ4n) is 2.17. The van der Waals surface area contributed by atoms with Crippen molar-refractivity contribution in [1.82, 2.24) is 4.98 Å². The summed E-state index contributed by atoms with van der Waals surface area (Å²) in [4.78, 5) is 16.4. The zero-order chi connectivity index (χ0) is 13.0. The molecule has 2 aromatic rings. The third-order valence-electron chi connectivity index (χ3n) is 3.02. The van der Waals surface area contributed by atoms with Gasteiger partial charge in [0, 0.05) is 11.6 Å². The second-order valence-electron chi connectivity index (χ2n) is 4.14. The molecule has 0 bridgehead atoms. The first kappa shape index (κ1) is 12.6. The van der Waals surface area contributed by atoms with Gasteiger partial charge in [0.2, 0.25) is 0 Å². The number of nitrogens with zero attached hydrogens (tertiary/aromatic N) is 1. The van der Waals surface area contributed by atoms with Gasteiger partial charge in [-0.1, -0.05) is 31.2 Å². The SMILES string of the molecule is CCOC(=O)C(CC)c1cccc2cccnc12. The molecular formula is C15H17NO2. The lowest BCUT2D eigenvalue weighted by Crippen LogP contribution is -2.15. The van der Waals surface area contributed by atoms with Gasteiger partial charge in [0.1, 0.15) is 0 Å². The molecule has 0 N–H and O–H groups in total. The molecule has 0 fully saturated rings. The smallest absolute Gasteiger partial charge is 0.313 e. The molecule has 1 aromatic heterocycles. The van der Waals surface area contributed by atoms with Gasteiger partial charge in [-0.2, -0.15) is 0 Å². The number of pyridine rings is 1. The van der Waals surface area contributed by atoms with Gasteiger partial charge in [0.25, 0.3) is 0 Å². The van der Waals surface area contributed by atoms with Gasteiger partial charge in [0.05, 0.1) is 18.0 Å². The Balaban J connectivity index is 2.48. The molecule has 0 radical (unpaired) electrons. The Bertz CT molecular complexity index is 546. The van der Waals surface area contributed by atoms with Gasteiger partial charge in [0.15, 0.2) is 0 Å². The van der Waals surface area contributed by atoms with E-state index in [0.29, 0.717) is 13.0 Å². The standard InChI is InChI=1S/C15H17NO2/c1-3-12(15(17)18-4-2)13-9-5-7-11-8-6-10-16-14(11)13/h5-10,12H,3-4H2,1-2H3. The fourth-order valence-corrected chi connectivity index (χ4v) is 2.17. The van der Waals surface area contributed by atoms with Crippen molar-refractivity contribution in [3.8, 4) is 0 Å². The molecule has 0 saturated carbocycles. The minimum absolute atomic E-state index is 0.168. The molecule has 1 aromatic carbocycles. The Kier molecular flexibility index (Phi) is 3.92. The number of ether oxygens (including phenoxy) is 1. The Morgan fingerprint density at radius 3 is 2.78 bits per heavy atom. The molecule has 1 atom stereocenters. The van der Waals surface area contributed by atoms with Gasteiger partial charge in [-0.25, -0.2) is 0 Å². The van der Waals surface area contributed by atoms with Crippen LogP contribution in [0.3, 0.4) is 0 Å². The molecule has 18 heavy (non-hydrogen) atoms. The van der Waals surface area contributed by atoms with E-state index in [9.17, 15) is 4.79 Å². The summed E-state index contributed by atoms with van der Waals surface area (Å²) in [6, 6.07) is 9.83. The second kappa shape index (κ2) is 5.63. The first-order valence-corrected chi connectivity index (χ1v) is 6.28. The van der Waals surface area contributed by atoms with E-state index in [1.807, 2.05) is 44.2 Å². The van der Waals surface area contributed by atoms with Gasteiger partial charge in [-0.15, -0.1) is 0 Å². The van der Waals surface area contributed by atoms with Crippen molar-refractivity contribution >= 4 is 16.9 Å². The summed E-state index contributed by atoms with van der Waals surface area (Å²) < 4.78 is 5.13. The first-order chi connectivity index (χ1) is 8.77. The van der Waals surface area contributed by atoms with E-state index < -0.39 is 0 Å². The van der Waals surface area contributed by atoms with Crippen LogP contribution in [0.4, 0.5) is 0 Å². The van der Waals surface area contributed by atoms with Crippen LogP contribution in [0.1, 0.15) is 31.7 Å². The highest BCUT2D eigenvalue weighted by atomic mass is 16.5. The van der Waals surface area contributed by atoms with Crippen LogP contribution in [-0.4, -0.2) is 17.6 Å². The molecule has 0 spiro atoms. The number of fused-ring (bicyclic) bond motifs is 1. The summed E-state index contributed by atoms with van der Waals surface area (Å²) >= 11 is 0. The van der Waals surface area contributed by atoms with Crippen molar-refractivity contribution in [1.29, 1.82) is 0 Å². The van der Waals surface area contributed by atoms with Crippen LogP contribution in [0.25, 0.3) is 10.9 Å². The molecular weight excluding hydrogens is 226 g/mol. The zero-order valence-corrected chi connectivity index (χ0v) is 10.7. The van der Waals surface area contributed by atoms with Gasteiger partial charge in [-0.05, 0) is 25.0 Å². The lowest BCUT2D eigenvalue weighted by atomic mass is 9.94. The molecule has 94 valence electrons. The number of rotatable bonds is 4. The van der Waals surface area contributed by atoms with E-state index in [1.54, 1.807) is 6.20 Å². The van der Waals surface area contributed by atoms with E-state index in [2.05, 4.69) is 4.98 Å². The average Bonchev–Trinajstić information content (AvgIpc) is 2.40. The summed E-state index contributed by atoms with van der Waals surface area (Å²) in [5.74, 6) is -0.401. The molecule has 0 aliphatic carbocycles. The molecule has 3 nitrogen and oxygen atoms in total. The average molecular weight is 243 g/mol. The summed E-state index contributed by atoms with van der Waals surface area (Å²) in [5, 5.41) is 1.05. The summed E-state index contributed by atoms with van der Waals surface area (Å²) in [6.45, 7) is 4.23. The van der Waals surface area contributed by atoms with E-state index in [0.717, 1.165) is 16.5 Å². The van der Waals surface area contributed by atoms with Crippen molar-refractivity contribution < 1.29 is 9.53 Å². The monoisotopic (exact) mass is 243 g/mol. The highest BCUT2D eigenvalue weighted by molar-refractivity contribution is 5.88. The molecule has 0 amide bonds. The van der Waals surface area contributed by atoms with E-state index in [1.165, 1.54) is 0 Å². The van der Waals surface area contributed by atoms with Crippen LogP contribution >= 0.6 is 0 Å². The Labute approximate surface area is 107 Å². The maximum absolute atomic E-state index is 12.0. The number of benzene rings is 1. The maximum Gasteiger partial charge on any atom is 0.313 e. The highest BCUT2D eigenvalue weighted by Gasteiger charge is 2.22. The van der Waals surface area contributed by atoms with Crippen LogP contribution in [-0.2, 0) is 9.53 Å². The number of esters is 1. The van der Waals surface area contributed by atoms with Crippen LogP contribution in [0, 0.1) is 0 Å². The quantitative estimate of drug-likeness (QED) is 0.773. The van der Waals surface area contributed by atoms with Crippen molar-refractivity contribution in [2.45, 2.75) is 26.2 Å². The summed E-state index contributed by atoms with van der Waals surface area (Å²) in [5.41, 5.74) is 1.84. The van der Waals surface area contributed by atoms with Crippen molar-refractivity contribution in [3.63, 3.8) is 0 Å². The van der Waals surface area contributed by atoms with Crippen LogP contribution in [0.2, 0.25) is 0 Å². The fraction of sp³-hybridized carbons (Fsp3) is 0.333. The highest BCUT2D eigenvalue weighted by Crippen LogP contribution is 2.27. The normalized spacial score (nSPS) is 12.3. The van der Waals surface area contributed by atoms with Crippen LogP contribution < -0.4 is 0 Å². The number of hydrogen-bond donors (Lipinski definition) is 0. The molecule has 0 aliphatic rings. The Morgan fingerprint density at radius 1 is 1.28 bits per heavy atom. The van der Waals surface area contributed by atoms with Gasteiger partial charge < -0.3 is 4.74 Å². The Morgan fingerprint density at radius 2 is 2.06 bits per heavy atom. The summed E-state index contributed by atoms with van der Waals surface area (Å²) in [6.07, 6.45) is 2.47. The van der Waals surface area contributed by atoms with E-state index in [-0.39, 0.29) is 11.9 Å². The minimum atomic E-state index is -0.233. The molecule has 0 saturated heterocycles. The van der Waals surface area contributed by atoms with E-state index in [4.69, 9.17) is 4.74 Å². The topological polar surface area (TPSA) is 39.2 Å². The molecule has 2 rings (SSSR count). The molecule has 3 heteroatoms. The summed E-state index contributed by atoms with van der Waals surface area (Å²) in [7, 11) is 0. The first-order valence-electron chi connectivity index (χ1n) is 6.28. The predicted octanol–water partition coefficient (Wildman–Crippen LogP) is 3.29. The number of para-hydroxylation sites is 1. The predicted molar refractivity (Wildman–Crippen MR) is 71.4 cm³/mol. The third-order valence-corrected chi connectivity index (χ3v) is 3.02. The second-order valence-corrected chi connectivity index (χ2v) is 4.14. The van der Waals surface area contributed by atoms with Crippen LogP contribution in [0.5, 0.6) is 0 Å². The van der Waals surface area contributed by atoms with Crippen molar-refractivity contribution in [2.24, 2.45) is 0 Å². The maximum atomic E-state index is 12.0. The minimum Gasteiger partial charge on any atom is -0.466 e.